The second-order valence-corrected chi connectivity index (χ2v) is 3.48. The lowest BCUT2D eigenvalue weighted by molar-refractivity contribution is 0.102. The molecule has 0 amide bonds. The van der Waals surface area contributed by atoms with Crippen molar-refractivity contribution in [2.45, 2.75) is 0 Å². The van der Waals surface area contributed by atoms with Crippen molar-refractivity contribution in [2.24, 2.45) is 0 Å². The number of carbonyl (C=O) groups excluding carboxylic acids is 1. The Morgan fingerprint density at radius 1 is 1.36 bits per heavy atom. The molecule has 0 saturated heterocycles. The van der Waals surface area contributed by atoms with Gasteiger partial charge in [0.15, 0.2) is 5.78 Å². The fourth-order valence-corrected chi connectivity index (χ4v) is 1.54. The first-order valence-electron chi connectivity index (χ1n) is 3.59. The molecule has 0 aliphatic rings. The van der Waals surface area contributed by atoms with Crippen LogP contribution in [0.2, 0.25) is 10.0 Å². The average Bonchev–Trinajstić information content (AvgIpc) is 2.21. The highest BCUT2D eigenvalue weighted by atomic mass is 35.5. The van der Waals surface area contributed by atoms with Crippen molar-refractivity contribution in [2.75, 3.05) is 5.88 Å². The van der Waals surface area contributed by atoms with Gasteiger partial charge in [-0.05, 0) is 12.1 Å². The first-order chi connectivity index (χ1) is 6.61. The van der Waals surface area contributed by atoms with E-state index in [0.717, 1.165) is 0 Å². The molecule has 5 heteroatoms. The molecule has 72 valence electrons. The SMILES string of the molecule is N#Cc1ccc(C(=O)CCl)c(Cl)c1Cl. The topological polar surface area (TPSA) is 40.9 Å². The van der Waals surface area contributed by atoms with E-state index in [2.05, 4.69) is 0 Å². The molecule has 0 unspecified atom stereocenters. The van der Waals surface area contributed by atoms with Gasteiger partial charge in [0, 0.05) is 5.56 Å². The number of hydrogen-bond donors (Lipinski definition) is 0. The van der Waals surface area contributed by atoms with Crippen molar-refractivity contribution in [1.29, 1.82) is 5.26 Å². The molecule has 1 aromatic rings. The van der Waals surface area contributed by atoms with Crippen LogP contribution in [0.4, 0.5) is 0 Å². The van der Waals surface area contributed by atoms with E-state index in [-0.39, 0.29) is 32.8 Å². The molecule has 0 fully saturated rings. The molecule has 0 aromatic heterocycles. The van der Waals surface area contributed by atoms with Crippen LogP contribution in [0.1, 0.15) is 15.9 Å². The third kappa shape index (κ3) is 2.01. The predicted molar refractivity (Wildman–Crippen MR) is 56.2 cm³/mol. The Morgan fingerprint density at radius 2 is 2.00 bits per heavy atom. The van der Waals surface area contributed by atoms with Crippen LogP contribution in [0.3, 0.4) is 0 Å². The fourth-order valence-electron chi connectivity index (χ4n) is 0.923. The van der Waals surface area contributed by atoms with Crippen LogP contribution < -0.4 is 0 Å². The summed E-state index contributed by atoms with van der Waals surface area (Å²) in [5.41, 5.74) is 0.480. The van der Waals surface area contributed by atoms with E-state index in [1.165, 1.54) is 12.1 Å². The third-order valence-electron chi connectivity index (χ3n) is 1.62. The summed E-state index contributed by atoms with van der Waals surface area (Å²) in [6, 6.07) is 4.74. The van der Waals surface area contributed by atoms with Gasteiger partial charge in [0.2, 0.25) is 0 Å². The maximum atomic E-state index is 11.2. The monoisotopic (exact) mass is 247 g/mol. The van der Waals surface area contributed by atoms with Crippen LogP contribution in [0.5, 0.6) is 0 Å². The van der Waals surface area contributed by atoms with Gasteiger partial charge in [-0.25, -0.2) is 0 Å². The summed E-state index contributed by atoms with van der Waals surface area (Å²) < 4.78 is 0. The van der Waals surface area contributed by atoms with E-state index in [1.807, 2.05) is 6.07 Å². The Bertz CT molecular complexity index is 423. The van der Waals surface area contributed by atoms with E-state index in [4.69, 9.17) is 40.1 Å². The number of nitrogens with zero attached hydrogens (tertiary/aromatic N) is 1. The molecular weight excluding hydrogens is 244 g/mol. The first-order valence-corrected chi connectivity index (χ1v) is 4.88. The zero-order valence-electron chi connectivity index (χ0n) is 6.85. The molecule has 1 aromatic carbocycles. The van der Waals surface area contributed by atoms with Crippen molar-refractivity contribution in [3.05, 3.63) is 33.3 Å². The van der Waals surface area contributed by atoms with Crippen LogP contribution in [-0.2, 0) is 0 Å². The van der Waals surface area contributed by atoms with Crippen LogP contribution in [0, 0.1) is 11.3 Å². The van der Waals surface area contributed by atoms with Gasteiger partial charge < -0.3 is 0 Å². The third-order valence-corrected chi connectivity index (χ3v) is 2.75. The van der Waals surface area contributed by atoms with Crippen molar-refractivity contribution in [3.8, 4) is 6.07 Å². The van der Waals surface area contributed by atoms with Crippen molar-refractivity contribution < 1.29 is 4.79 Å². The summed E-state index contributed by atoms with van der Waals surface area (Å²) >= 11 is 16.9. The molecule has 0 atom stereocenters. The van der Waals surface area contributed by atoms with Gasteiger partial charge in [0.05, 0.1) is 21.5 Å². The van der Waals surface area contributed by atoms with Gasteiger partial charge >= 0.3 is 0 Å². The van der Waals surface area contributed by atoms with Crippen LogP contribution in [-0.4, -0.2) is 11.7 Å². The number of benzene rings is 1. The van der Waals surface area contributed by atoms with Gasteiger partial charge in [0.25, 0.3) is 0 Å². The highest BCUT2D eigenvalue weighted by molar-refractivity contribution is 6.45. The van der Waals surface area contributed by atoms with E-state index < -0.39 is 0 Å². The smallest absolute Gasteiger partial charge is 0.179 e. The number of alkyl halides is 1. The number of nitriles is 1. The molecular formula is C9H4Cl3NO. The van der Waals surface area contributed by atoms with Gasteiger partial charge in [-0.1, -0.05) is 23.2 Å². The maximum absolute atomic E-state index is 11.2. The number of Topliss-reactive ketones (excluding diaryl/α,β-unsaturated/α-hetero) is 1. The second-order valence-electron chi connectivity index (χ2n) is 2.46. The van der Waals surface area contributed by atoms with Gasteiger partial charge in [-0.2, -0.15) is 5.26 Å². The number of carbonyl (C=O) groups is 1. The standard InChI is InChI=1S/C9H4Cl3NO/c10-3-7(14)6-2-1-5(4-13)8(11)9(6)12/h1-2H,3H2. The molecule has 14 heavy (non-hydrogen) atoms. The Hall–Kier alpha value is -0.750. The van der Waals surface area contributed by atoms with Crippen molar-refractivity contribution in [1.82, 2.24) is 0 Å². The molecule has 0 saturated carbocycles. The molecule has 1 rings (SSSR count). The summed E-state index contributed by atoms with van der Waals surface area (Å²) in [4.78, 5) is 11.2. The van der Waals surface area contributed by atoms with E-state index in [1.54, 1.807) is 0 Å². The Kier molecular flexibility index (Phi) is 3.77. The van der Waals surface area contributed by atoms with Crippen LogP contribution in [0.15, 0.2) is 12.1 Å². The number of hydrogen-bond acceptors (Lipinski definition) is 2. The lowest BCUT2D eigenvalue weighted by atomic mass is 10.1. The molecule has 0 spiro atoms. The number of halogens is 3. The van der Waals surface area contributed by atoms with Crippen LogP contribution in [0.25, 0.3) is 0 Å². The molecule has 0 heterocycles. The first kappa shape index (κ1) is 11.3. The number of rotatable bonds is 2. The van der Waals surface area contributed by atoms with Gasteiger partial charge in [-0.15, -0.1) is 11.6 Å². The minimum Gasteiger partial charge on any atom is -0.293 e. The van der Waals surface area contributed by atoms with E-state index in [0.29, 0.717) is 0 Å². The van der Waals surface area contributed by atoms with Gasteiger partial charge in [0.1, 0.15) is 6.07 Å². The molecule has 0 N–H and O–H groups in total. The second kappa shape index (κ2) is 4.65. The zero-order valence-corrected chi connectivity index (χ0v) is 9.12. The highest BCUT2D eigenvalue weighted by Crippen LogP contribution is 2.29. The summed E-state index contributed by atoms with van der Waals surface area (Å²) in [6.45, 7) is 0. The molecule has 0 bridgehead atoms. The summed E-state index contributed by atoms with van der Waals surface area (Å²) in [7, 11) is 0. The lowest BCUT2D eigenvalue weighted by Gasteiger charge is -2.03. The normalized spacial score (nSPS) is 9.57. The Morgan fingerprint density at radius 3 is 2.50 bits per heavy atom. The van der Waals surface area contributed by atoms with Crippen molar-refractivity contribution in [3.63, 3.8) is 0 Å². The van der Waals surface area contributed by atoms with E-state index >= 15 is 0 Å². The van der Waals surface area contributed by atoms with E-state index in [9.17, 15) is 4.79 Å². The molecule has 0 radical (unpaired) electrons. The molecule has 0 aliphatic heterocycles. The summed E-state index contributed by atoms with van der Waals surface area (Å²) in [5.74, 6) is -0.481. The molecule has 2 nitrogen and oxygen atoms in total. The van der Waals surface area contributed by atoms with Crippen molar-refractivity contribution >= 4 is 40.6 Å². The number of ketones is 1. The van der Waals surface area contributed by atoms with Crippen LogP contribution >= 0.6 is 34.8 Å². The largest absolute Gasteiger partial charge is 0.293 e. The van der Waals surface area contributed by atoms with Gasteiger partial charge in [-0.3, -0.25) is 4.79 Å². The Labute approximate surface area is 96.0 Å². The fraction of sp³-hybridized carbons (Fsp3) is 0.111. The highest BCUT2D eigenvalue weighted by Gasteiger charge is 2.14. The Balaban J connectivity index is 3.33. The molecule has 0 aliphatic carbocycles. The average molecular weight is 248 g/mol. The maximum Gasteiger partial charge on any atom is 0.179 e. The quantitative estimate of drug-likeness (QED) is 0.595. The predicted octanol–water partition coefficient (Wildman–Crippen LogP) is 3.29. The summed E-state index contributed by atoms with van der Waals surface area (Å²) in [5, 5.41) is 8.79. The minimum absolute atomic E-state index is 0.0800. The summed E-state index contributed by atoms with van der Waals surface area (Å²) in [6.07, 6.45) is 0. The lowest BCUT2D eigenvalue weighted by Crippen LogP contribution is -2.01. The zero-order chi connectivity index (χ0) is 10.7. The minimum atomic E-state index is -0.317.